The zero-order valence-electron chi connectivity index (χ0n) is 97.8. The molecule has 0 amide bonds. The van der Waals surface area contributed by atoms with Crippen molar-refractivity contribution in [3.05, 3.63) is 114 Å². The first-order valence-electron chi connectivity index (χ1n) is 51.3. The Morgan fingerprint density at radius 1 is 0.213 bits per heavy atom. The lowest BCUT2D eigenvalue weighted by Crippen LogP contribution is -2.33. The highest BCUT2D eigenvalue weighted by atomic mass is 19.4. The van der Waals surface area contributed by atoms with Gasteiger partial charge in [0.1, 0.15) is 106 Å². The van der Waals surface area contributed by atoms with Crippen LogP contribution in [0.1, 0.15) is 366 Å². The lowest BCUT2D eigenvalue weighted by atomic mass is 9.79. The molecular formula is C115H183F3O32. The molecule has 0 rings (SSSR count). The number of halogens is 3. The van der Waals surface area contributed by atoms with E-state index in [-0.39, 0.29) is 122 Å². The van der Waals surface area contributed by atoms with E-state index in [4.69, 9.17) is 71.1 Å². The summed E-state index contributed by atoms with van der Waals surface area (Å²) in [6.45, 7) is 74.8. The molecular weight excluding hydrogens is 1950 g/mol. The topological polar surface area (TPSA) is 421 Å². The third-order valence-corrected chi connectivity index (χ3v) is 27.4. The van der Waals surface area contributed by atoms with E-state index in [1.807, 2.05) is 152 Å². The van der Waals surface area contributed by atoms with E-state index in [1.165, 1.54) is 6.92 Å². The van der Waals surface area contributed by atoms with Gasteiger partial charge in [-0.3, -0.25) is 43.2 Å². The molecule has 0 saturated carbocycles. The predicted molar refractivity (Wildman–Crippen MR) is 566 cm³/mol. The van der Waals surface area contributed by atoms with Crippen LogP contribution in [0.2, 0.25) is 0 Å². The van der Waals surface area contributed by atoms with Gasteiger partial charge >= 0.3 is 102 Å². The van der Waals surface area contributed by atoms with Gasteiger partial charge < -0.3 is 75.8 Å². The molecule has 0 fully saturated rings. The van der Waals surface area contributed by atoms with Gasteiger partial charge in [0.25, 0.3) is 0 Å². The monoisotopic (exact) mass is 2130 g/mol. The molecule has 0 bridgehead atoms. The summed E-state index contributed by atoms with van der Waals surface area (Å²) in [6.07, 6.45) is 4.21. The van der Waals surface area contributed by atoms with Crippen LogP contribution in [0.4, 0.5) is 13.2 Å². The van der Waals surface area contributed by atoms with Crippen molar-refractivity contribution in [3.8, 4) is 0 Å². The van der Waals surface area contributed by atoms with E-state index in [0.29, 0.717) is 125 Å². The summed E-state index contributed by atoms with van der Waals surface area (Å²) in [5, 5.41) is 0. The maximum absolute atomic E-state index is 12.6. The van der Waals surface area contributed by atoms with E-state index >= 15 is 0 Å². The largest absolute Gasteiger partial charge is 0.490 e. The number of allylic oxidation sites excluding steroid dienone is 12. The minimum absolute atomic E-state index is 0.0137. The smallest absolute Gasteiger partial charge is 0.462 e. The van der Waals surface area contributed by atoms with Gasteiger partial charge in [-0.25, -0.2) is 33.6 Å². The van der Waals surface area contributed by atoms with Crippen LogP contribution in [0.15, 0.2) is 114 Å². The number of alkyl halides is 3. The Morgan fingerprint density at radius 3 is 0.547 bits per heavy atom. The number of hydrogen-bond donors (Lipinski definition) is 0. The highest BCUT2D eigenvalue weighted by molar-refractivity contribution is 5.92. The van der Waals surface area contributed by atoms with Crippen LogP contribution in [0.3, 0.4) is 0 Å². The lowest BCUT2D eigenvalue weighted by Gasteiger charge is -2.28. The van der Waals surface area contributed by atoms with Crippen molar-refractivity contribution in [1.82, 2.24) is 0 Å². The first kappa shape index (κ1) is 145. The summed E-state index contributed by atoms with van der Waals surface area (Å²) in [5.74, 6) is -9.00. The molecule has 0 radical (unpaired) electrons. The number of hydrogen-bond acceptors (Lipinski definition) is 32. The van der Waals surface area contributed by atoms with Crippen molar-refractivity contribution in [2.75, 3.05) is 106 Å². The summed E-state index contributed by atoms with van der Waals surface area (Å²) in [5.41, 5.74) is 8.22. The third kappa shape index (κ3) is 55.6. The van der Waals surface area contributed by atoms with Gasteiger partial charge in [-0.05, 0) is 350 Å². The maximum atomic E-state index is 12.6. The highest BCUT2D eigenvalue weighted by Crippen LogP contribution is 2.40. The Bertz CT molecular complexity index is 4800. The van der Waals surface area contributed by atoms with Gasteiger partial charge in [0, 0.05) is 40.9 Å². The second kappa shape index (κ2) is 70.8. The normalized spacial score (nSPS) is 13.6. The van der Waals surface area contributed by atoms with E-state index in [0.717, 1.165) is 73.0 Å². The van der Waals surface area contributed by atoms with E-state index in [2.05, 4.69) is 17.9 Å². The van der Waals surface area contributed by atoms with Crippen molar-refractivity contribution in [1.29, 1.82) is 0 Å². The predicted octanol–water partition coefficient (Wildman–Crippen LogP) is 23.2. The van der Waals surface area contributed by atoms with Crippen LogP contribution >= 0.6 is 0 Å². The van der Waals surface area contributed by atoms with Crippen LogP contribution in [0, 0.1) is 43.3 Å². The van der Waals surface area contributed by atoms with Gasteiger partial charge in [-0.2, -0.15) is 13.2 Å². The molecule has 0 heterocycles. The van der Waals surface area contributed by atoms with Crippen molar-refractivity contribution < 1.29 is 166 Å². The Hall–Kier alpha value is -11.3. The van der Waals surface area contributed by atoms with Crippen molar-refractivity contribution >= 4 is 95.5 Å². The molecule has 0 N–H and O–H groups in total. The van der Waals surface area contributed by atoms with E-state index in [1.54, 1.807) is 104 Å². The number of carbonyl (C=O) groups is 16. The van der Waals surface area contributed by atoms with Gasteiger partial charge in [-0.15, -0.1) is 0 Å². The quantitative estimate of drug-likeness (QED) is 0.0179. The van der Waals surface area contributed by atoms with Gasteiger partial charge in [-0.1, -0.05) is 88.8 Å². The van der Waals surface area contributed by atoms with Crippen LogP contribution < -0.4 is 0 Å². The minimum Gasteiger partial charge on any atom is -0.462 e. The lowest BCUT2D eigenvalue weighted by molar-refractivity contribution is -0.201. The zero-order chi connectivity index (χ0) is 117. The van der Waals surface area contributed by atoms with Crippen molar-refractivity contribution in [2.24, 2.45) is 43.3 Å². The van der Waals surface area contributed by atoms with E-state index in [9.17, 15) is 89.9 Å². The standard InChI is InChI=1S/C30H48O8.C29H46O8.C28H43F3O8.C28H46O8/c1-12-30(11,28(34)38-19-16-35-25(31)21(4)5)15-13-14-29(9,10)27(33)37-18-17-36-26(32)24(8)23(7)22(6)20(2)3;1-11-24(30)34-16-18-37-27(33)29(10,12-2)15-13-14-28(8,9)26(32)36-19-17-35-25(31)23(7)22(6)21(5)20(3)4;1-10-27(9,24(34)38-16-17-39-25(35)28(29,30)31)13-11-12-26(7,8)23(33)37-15-14-36-22(32)21(6)20(5)19(4)18(2)3;1-11-28(10,26(32)36-17-15-33-23(7)29)14-12-13-27(8,9)25(31)35-18-16-34-24(30)22(6)21(5)20(4)19(2)3/h4,12-19H2,1-3,5-11H3;11H,1,12-19H2,2-10H3;10-17H2,1-9H3;11-18H2,1-10H3/b24-23+;23-22+;21-20+;22-21+. The second-order valence-corrected chi connectivity index (χ2v) is 42.0. The minimum atomic E-state index is -5.11. The van der Waals surface area contributed by atoms with Gasteiger partial charge in [0.15, 0.2) is 0 Å². The number of carbonyl (C=O) groups excluding carboxylic acids is 16. The second-order valence-electron chi connectivity index (χ2n) is 42.0. The van der Waals surface area contributed by atoms with Crippen LogP contribution in [0.5, 0.6) is 0 Å². The highest BCUT2D eigenvalue weighted by Gasteiger charge is 2.43. The molecule has 32 nitrogen and oxygen atoms in total. The Balaban J connectivity index is -0.000000948. The van der Waals surface area contributed by atoms with Crippen molar-refractivity contribution in [3.63, 3.8) is 0 Å². The Kier molecular flexibility index (Phi) is 68.4. The Labute approximate surface area is 891 Å². The molecule has 0 saturated heterocycles. The fraction of sp³-hybridized carbons (Fsp3) is 0.687. The number of rotatable bonds is 62. The molecule has 856 valence electrons. The van der Waals surface area contributed by atoms with Gasteiger partial charge in [0.05, 0.1) is 43.3 Å². The van der Waals surface area contributed by atoms with Crippen molar-refractivity contribution in [2.45, 2.75) is 372 Å². The molecule has 35 heteroatoms. The number of esters is 16. The first-order chi connectivity index (χ1) is 69.0. The molecule has 0 aliphatic heterocycles. The summed E-state index contributed by atoms with van der Waals surface area (Å²) in [6, 6.07) is 0. The summed E-state index contributed by atoms with van der Waals surface area (Å²) in [4.78, 5) is 194. The summed E-state index contributed by atoms with van der Waals surface area (Å²) >= 11 is 0. The molecule has 0 aliphatic carbocycles. The molecule has 0 aromatic heterocycles. The molecule has 4 unspecified atom stereocenters. The molecule has 0 aliphatic rings. The Morgan fingerprint density at radius 2 is 0.380 bits per heavy atom. The molecule has 4 atom stereocenters. The SMILES string of the molecule is C=C(C)C(=O)OCCOC(=O)C(C)(CC)CCCC(C)(C)C(=O)OCCOC(=O)/C(C)=C(\C)C(C)=C(C)C.C=CC(=O)OCCOC(=O)C(C)(CC)CCCC(C)(C)C(=O)OCCOC(=O)/C(C)=C(\C)C(C)=C(C)C.CCC(C)(CCCC(C)(C)C(=O)OCCOC(=O)/C(C)=C(\C)C(C)=C(C)C)C(=O)OCCOC(=O)C(F)(F)F.CCC(C)(CCCC(C)(C)C(=O)OCCOC(=O)/C(C)=C(\C)C(C)=C(C)C)C(=O)OCCOC(C)=O. The third-order valence-electron chi connectivity index (χ3n) is 27.4. The van der Waals surface area contributed by atoms with Gasteiger partial charge in [0.2, 0.25) is 0 Å². The van der Waals surface area contributed by atoms with Crippen LogP contribution in [-0.4, -0.2) is 207 Å². The van der Waals surface area contributed by atoms with Crippen LogP contribution in [-0.2, 0) is 153 Å². The molecule has 0 spiro atoms. The fourth-order valence-corrected chi connectivity index (χ4v) is 13.4. The fourth-order valence-electron chi connectivity index (χ4n) is 13.4. The zero-order valence-corrected chi connectivity index (χ0v) is 97.8. The first-order valence-corrected chi connectivity index (χ1v) is 51.3. The summed E-state index contributed by atoms with van der Waals surface area (Å²) in [7, 11) is 0. The van der Waals surface area contributed by atoms with Crippen LogP contribution in [0.25, 0.3) is 0 Å². The number of ether oxygens (including phenoxy) is 16. The molecule has 0 aromatic rings. The molecule has 150 heavy (non-hydrogen) atoms. The van der Waals surface area contributed by atoms with E-state index < -0.39 is 134 Å². The average Bonchev–Trinajstić information content (AvgIpc) is 0.853. The maximum Gasteiger partial charge on any atom is 0.490 e. The summed E-state index contributed by atoms with van der Waals surface area (Å²) < 4.78 is 118. The molecule has 0 aromatic carbocycles. The average molecular weight is 2130 g/mol.